The fourth-order valence-corrected chi connectivity index (χ4v) is 2.85. The summed E-state index contributed by atoms with van der Waals surface area (Å²) in [5.41, 5.74) is 6.87. The first-order chi connectivity index (χ1) is 10.1. The number of hydrogen-bond donors (Lipinski definition) is 1. The van der Waals surface area contributed by atoms with Gasteiger partial charge in [-0.05, 0) is 25.0 Å². The van der Waals surface area contributed by atoms with Crippen molar-refractivity contribution in [3.8, 4) is 17.4 Å². The van der Waals surface area contributed by atoms with Crippen LogP contribution >= 0.6 is 34.8 Å². The lowest BCUT2D eigenvalue weighted by Gasteiger charge is -2.20. The summed E-state index contributed by atoms with van der Waals surface area (Å²) in [6.07, 6.45) is 1.57. The summed E-state index contributed by atoms with van der Waals surface area (Å²) in [5.74, 6) is 1.05. The van der Waals surface area contributed by atoms with Crippen molar-refractivity contribution >= 4 is 40.5 Å². The Morgan fingerprint density at radius 2 is 1.86 bits per heavy atom. The van der Waals surface area contributed by atoms with E-state index < -0.39 is 0 Å². The first-order valence-corrected chi connectivity index (χ1v) is 7.30. The van der Waals surface area contributed by atoms with E-state index >= 15 is 0 Å². The monoisotopic (exact) mass is 345 g/mol. The molecule has 2 heterocycles. The van der Waals surface area contributed by atoms with Crippen LogP contribution in [0.2, 0.25) is 15.2 Å². The molecule has 5 nitrogen and oxygen atoms in total. The van der Waals surface area contributed by atoms with Gasteiger partial charge in [-0.1, -0.05) is 34.8 Å². The number of nitrogen functional groups attached to an aromatic ring is 1. The zero-order valence-corrected chi connectivity index (χ0v) is 13.0. The van der Waals surface area contributed by atoms with Crippen molar-refractivity contribution in [3.05, 3.63) is 32.9 Å². The molecule has 0 spiro atoms. The van der Waals surface area contributed by atoms with Crippen LogP contribution in [0.15, 0.2) is 12.1 Å². The van der Waals surface area contributed by atoms with E-state index in [1.54, 1.807) is 12.1 Å². The summed E-state index contributed by atoms with van der Waals surface area (Å²) in [6, 6.07) is 3.10. The van der Waals surface area contributed by atoms with Gasteiger partial charge in [-0.2, -0.15) is 0 Å². The highest BCUT2D eigenvalue weighted by Crippen LogP contribution is 2.42. The largest absolute Gasteiger partial charge is 0.490 e. The van der Waals surface area contributed by atoms with E-state index in [9.17, 15) is 0 Å². The lowest BCUT2D eigenvalue weighted by molar-refractivity contribution is 0.280. The molecule has 1 aliphatic heterocycles. The van der Waals surface area contributed by atoms with Crippen LogP contribution in [-0.2, 0) is 6.42 Å². The Labute approximate surface area is 135 Å². The van der Waals surface area contributed by atoms with E-state index in [-0.39, 0.29) is 16.8 Å². The van der Waals surface area contributed by atoms with Crippen LogP contribution in [0.25, 0.3) is 0 Å². The number of nitrogens with zero attached hydrogens (tertiary/aromatic N) is 2. The Hall–Kier alpha value is -1.43. The van der Waals surface area contributed by atoms with Crippen LogP contribution < -0.4 is 15.2 Å². The number of nitrogens with two attached hydrogens (primary N) is 1. The van der Waals surface area contributed by atoms with Crippen molar-refractivity contribution in [1.82, 2.24) is 10.2 Å². The summed E-state index contributed by atoms with van der Waals surface area (Å²) in [4.78, 5) is 0. The van der Waals surface area contributed by atoms with Crippen molar-refractivity contribution in [2.75, 3.05) is 12.3 Å². The highest BCUT2D eigenvalue weighted by molar-refractivity contribution is 6.37. The predicted octanol–water partition coefficient (Wildman–Crippen LogP) is 4.14. The van der Waals surface area contributed by atoms with Gasteiger partial charge in [0, 0.05) is 5.69 Å². The van der Waals surface area contributed by atoms with Crippen molar-refractivity contribution < 1.29 is 9.47 Å². The number of anilines is 1. The lowest BCUT2D eigenvalue weighted by atomic mass is 10.1. The molecular weight excluding hydrogens is 337 g/mol. The van der Waals surface area contributed by atoms with Crippen molar-refractivity contribution in [3.63, 3.8) is 0 Å². The standard InChI is InChI=1S/C13H10Cl3N3O2/c14-8-4-6(17)5-9(15)11(8)21-13-7-2-1-3-20-10(7)12(16)18-19-13/h4-5H,1-3,17H2. The first kappa shape index (κ1) is 14.5. The third-order valence-corrected chi connectivity index (χ3v) is 3.79. The van der Waals surface area contributed by atoms with Gasteiger partial charge in [0.25, 0.3) is 0 Å². The minimum absolute atomic E-state index is 0.214. The molecule has 0 bridgehead atoms. The summed E-state index contributed by atoms with van der Waals surface area (Å²) in [7, 11) is 0. The Kier molecular flexibility index (Phi) is 3.97. The minimum Gasteiger partial charge on any atom is -0.490 e. The number of aromatic nitrogens is 2. The highest BCUT2D eigenvalue weighted by Gasteiger charge is 2.23. The number of hydrogen-bond acceptors (Lipinski definition) is 5. The Bertz CT molecular complexity index is 686. The van der Waals surface area contributed by atoms with Crippen LogP contribution in [0.3, 0.4) is 0 Å². The Morgan fingerprint density at radius 3 is 2.57 bits per heavy atom. The molecule has 2 aromatic rings. The molecule has 0 amide bonds. The quantitative estimate of drug-likeness (QED) is 0.828. The number of benzene rings is 1. The van der Waals surface area contributed by atoms with Gasteiger partial charge in [0.05, 0.1) is 22.2 Å². The van der Waals surface area contributed by atoms with Crippen LogP contribution in [0.1, 0.15) is 12.0 Å². The third-order valence-electron chi connectivity index (χ3n) is 2.99. The molecule has 2 N–H and O–H groups in total. The number of fused-ring (bicyclic) bond motifs is 1. The topological polar surface area (TPSA) is 70.3 Å². The molecule has 3 rings (SSSR count). The Balaban J connectivity index is 2.03. The van der Waals surface area contributed by atoms with Crippen molar-refractivity contribution in [2.24, 2.45) is 0 Å². The maximum atomic E-state index is 6.10. The van der Waals surface area contributed by atoms with E-state index in [4.69, 9.17) is 50.0 Å². The molecule has 1 aromatic heterocycles. The molecule has 0 fully saturated rings. The fourth-order valence-electron chi connectivity index (χ4n) is 2.06. The molecule has 0 atom stereocenters. The van der Waals surface area contributed by atoms with Gasteiger partial charge in [0.15, 0.2) is 16.7 Å². The van der Waals surface area contributed by atoms with Crippen LogP contribution in [0.4, 0.5) is 5.69 Å². The van der Waals surface area contributed by atoms with E-state index in [2.05, 4.69) is 10.2 Å². The zero-order chi connectivity index (χ0) is 15.0. The molecule has 0 saturated heterocycles. The average Bonchev–Trinajstić information content (AvgIpc) is 2.45. The predicted molar refractivity (Wildman–Crippen MR) is 81.8 cm³/mol. The molecule has 0 unspecified atom stereocenters. The van der Waals surface area contributed by atoms with Gasteiger partial charge in [0.2, 0.25) is 5.88 Å². The van der Waals surface area contributed by atoms with E-state index in [0.717, 1.165) is 18.4 Å². The molecule has 1 aliphatic rings. The van der Waals surface area contributed by atoms with E-state index in [0.29, 0.717) is 28.1 Å². The van der Waals surface area contributed by atoms with Crippen LogP contribution in [-0.4, -0.2) is 16.8 Å². The van der Waals surface area contributed by atoms with Crippen molar-refractivity contribution in [1.29, 1.82) is 0 Å². The summed E-state index contributed by atoms with van der Waals surface area (Å²) in [5, 5.41) is 8.58. The van der Waals surface area contributed by atoms with Gasteiger partial charge < -0.3 is 15.2 Å². The summed E-state index contributed by atoms with van der Waals surface area (Å²) in [6.45, 7) is 0.585. The SMILES string of the molecule is Nc1cc(Cl)c(Oc2nnc(Cl)c3c2CCCO3)c(Cl)c1. The number of halogens is 3. The molecule has 0 aliphatic carbocycles. The van der Waals surface area contributed by atoms with Crippen LogP contribution in [0.5, 0.6) is 17.4 Å². The molecule has 0 radical (unpaired) electrons. The Morgan fingerprint density at radius 1 is 1.14 bits per heavy atom. The molecule has 21 heavy (non-hydrogen) atoms. The van der Waals surface area contributed by atoms with Crippen LogP contribution in [0, 0.1) is 0 Å². The maximum absolute atomic E-state index is 6.10. The number of rotatable bonds is 2. The smallest absolute Gasteiger partial charge is 0.246 e. The second-order valence-electron chi connectivity index (χ2n) is 4.47. The molecule has 0 saturated carbocycles. The highest BCUT2D eigenvalue weighted by atomic mass is 35.5. The maximum Gasteiger partial charge on any atom is 0.246 e. The van der Waals surface area contributed by atoms with Gasteiger partial charge in [-0.3, -0.25) is 0 Å². The van der Waals surface area contributed by atoms with E-state index in [1.165, 1.54) is 0 Å². The lowest BCUT2D eigenvalue weighted by Crippen LogP contribution is -2.12. The fraction of sp³-hybridized carbons (Fsp3) is 0.231. The van der Waals surface area contributed by atoms with Gasteiger partial charge in [0.1, 0.15) is 0 Å². The minimum atomic E-state index is 0.214. The molecule has 110 valence electrons. The first-order valence-electron chi connectivity index (χ1n) is 6.16. The van der Waals surface area contributed by atoms with Gasteiger partial charge >= 0.3 is 0 Å². The molecule has 1 aromatic carbocycles. The zero-order valence-electron chi connectivity index (χ0n) is 10.7. The van der Waals surface area contributed by atoms with Gasteiger partial charge in [-0.15, -0.1) is 10.2 Å². The average molecular weight is 347 g/mol. The van der Waals surface area contributed by atoms with Crippen molar-refractivity contribution in [2.45, 2.75) is 12.8 Å². The molecule has 8 heteroatoms. The van der Waals surface area contributed by atoms with E-state index in [1.807, 2.05) is 0 Å². The summed E-state index contributed by atoms with van der Waals surface area (Å²) < 4.78 is 11.2. The summed E-state index contributed by atoms with van der Waals surface area (Å²) >= 11 is 18.2. The normalized spacial score (nSPS) is 13.5. The second kappa shape index (κ2) is 5.75. The molecular formula is C13H10Cl3N3O2. The second-order valence-corrected chi connectivity index (χ2v) is 5.64. The van der Waals surface area contributed by atoms with Gasteiger partial charge in [-0.25, -0.2) is 0 Å². The number of ether oxygens (including phenoxy) is 2. The third kappa shape index (κ3) is 2.81.